The van der Waals surface area contributed by atoms with Gasteiger partial charge in [0, 0.05) is 22.7 Å². The Morgan fingerprint density at radius 2 is 1.48 bits per heavy atom. The molecule has 0 aliphatic carbocycles. The van der Waals surface area contributed by atoms with Crippen molar-refractivity contribution >= 4 is 45.3 Å². The summed E-state index contributed by atoms with van der Waals surface area (Å²) in [6.45, 7) is 1.87. The highest BCUT2D eigenvalue weighted by atomic mass is 35.5. The average Bonchev–Trinajstić information content (AvgIpc) is 3.16. The maximum Gasteiger partial charge on any atom is 0.277 e. The first-order valence-corrected chi connectivity index (χ1v) is 10.1. The molecule has 0 amide bonds. The molecular formula is C22H13ClN6O4. The lowest BCUT2D eigenvalue weighted by Crippen LogP contribution is -2.02. The normalized spacial score (nSPS) is 11.2. The quantitative estimate of drug-likeness (QED) is 0.258. The molecule has 0 atom stereocenters. The SMILES string of the molecule is Cc1ccc(Cl)cc1-n1c(-c2cc([N+](=O)[O-])cc([N+](=O)[O-])c2)nc2nc3ccccc3nc21. The first kappa shape index (κ1) is 20.5. The van der Waals surface area contributed by atoms with E-state index in [4.69, 9.17) is 16.6 Å². The lowest BCUT2D eigenvalue weighted by Gasteiger charge is -2.12. The minimum absolute atomic E-state index is 0.180. The number of hydrogen-bond donors (Lipinski definition) is 0. The molecule has 0 aliphatic heterocycles. The minimum Gasteiger partial charge on any atom is -0.275 e. The number of nitro benzene ring substituents is 2. The number of aryl methyl sites for hydroxylation is 1. The summed E-state index contributed by atoms with van der Waals surface area (Å²) in [6.07, 6.45) is 0. The topological polar surface area (TPSA) is 130 Å². The third-order valence-corrected chi connectivity index (χ3v) is 5.40. The maximum atomic E-state index is 11.5. The molecule has 10 nitrogen and oxygen atoms in total. The number of halogens is 1. The Kier molecular flexibility index (Phi) is 4.72. The number of hydrogen-bond acceptors (Lipinski definition) is 7. The Bertz CT molecular complexity index is 1580. The van der Waals surface area contributed by atoms with Gasteiger partial charge in [-0.15, -0.1) is 0 Å². The molecule has 2 aromatic heterocycles. The van der Waals surface area contributed by atoms with Crippen molar-refractivity contribution in [3.05, 3.63) is 91.5 Å². The van der Waals surface area contributed by atoms with Crippen molar-refractivity contribution < 1.29 is 9.85 Å². The van der Waals surface area contributed by atoms with E-state index < -0.39 is 21.2 Å². The molecule has 0 unspecified atom stereocenters. The van der Waals surface area contributed by atoms with Gasteiger partial charge in [-0.2, -0.15) is 0 Å². The number of para-hydroxylation sites is 2. The van der Waals surface area contributed by atoms with E-state index in [0.29, 0.717) is 27.4 Å². The summed E-state index contributed by atoms with van der Waals surface area (Å²) in [5.74, 6) is 0.220. The predicted octanol–water partition coefficient (Wildman–Crippen LogP) is 5.41. The van der Waals surface area contributed by atoms with Gasteiger partial charge in [-0.05, 0) is 36.8 Å². The standard InChI is InChI=1S/C22H13ClN6O4/c1-12-6-7-14(23)10-19(12)27-21(13-8-15(28(30)31)11-16(9-13)29(32)33)26-20-22(27)25-18-5-3-2-4-17(18)24-20/h2-11H,1H3. The van der Waals surface area contributed by atoms with Crippen LogP contribution < -0.4 is 0 Å². The van der Waals surface area contributed by atoms with E-state index in [1.54, 1.807) is 22.8 Å². The van der Waals surface area contributed by atoms with Gasteiger partial charge in [-0.25, -0.2) is 15.0 Å². The van der Waals surface area contributed by atoms with Crippen LogP contribution in [0, 0.1) is 27.2 Å². The number of nitro groups is 2. The van der Waals surface area contributed by atoms with Gasteiger partial charge in [0.1, 0.15) is 5.82 Å². The molecule has 5 rings (SSSR count). The Morgan fingerprint density at radius 1 is 0.848 bits per heavy atom. The van der Waals surface area contributed by atoms with E-state index in [9.17, 15) is 20.2 Å². The van der Waals surface area contributed by atoms with Crippen molar-refractivity contribution in [3.63, 3.8) is 0 Å². The van der Waals surface area contributed by atoms with Crippen LogP contribution in [0.3, 0.4) is 0 Å². The Labute approximate surface area is 190 Å². The molecule has 0 fully saturated rings. The predicted molar refractivity (Wildman–Crippen MR) is 123 cm³/mol. The fourth-order valence-corrected chi connectivity index (χ4v) is 3.80. The molecule has 162 valence electrons. The van der Waals surface area contributed by atoms with Crippen LogP contribution in [0.1, 0.15) is 5.56 Å². The van der Waals surface area contributed by atoms with Crippen LogP contribution in [0.25, 0.3) is 39.4 Å². The summed E-state index contributed by atoms with van der Waals surface area (Å²) >= 11 is 6.26. The molecule has 0 spiro atoms. The van der Waals surface area contributed by atoms with Crippen LogP contribution in [-0.4, -0.2) is 29.4 Å². The summed E-state index contributed by atoms with van der Waals surface area (Å²) in [4.78, 5) is 35.4. The van der Waals surface area contributed by atoms with Crippen molar-refractivity contribution in [2.75, 3.05) is 0 Å². The second kappa shape index (κ2) is 7.61. The van der Waals surface area contributed by atoms with Crippen molar-refractivity contribution in [2.24, 2.45) is 0 Å². The first-order valence-electron chi connectivity index (χ1n) is 9.68. The van der Waals surface area contributed by atoms with E-state index in [2.05, 4.69) is 9.97 Å². The molecule has 0 saturated heterocycles. The molecule has 0 radical (unpaired) electrons. The van der Waals surface area contributed by atoms with Crippen molar-refractivity contribution in [3.8, 4) is 17.1 Å². The molecule has 0 saturated carbocycles. The molecule has 2 heterocycles. The van der Waals surface area contributed by atoms with E-state index >= 15 is 0 Å². The van der Waals surface area contributed by atoms with Crippen LogP contribution in [0.5, 0.6) is 0 Å². The molecule has 3 aromatic carbocycles. The number of nitrogens with zero attached hydrogens (tertiary/aromatic N) is 6. The van der Waals surface area contributed by atoms with Gasteiger partial charge in [0.05, 0.1) is 32.6 Å². The van der Waals surface area contributed by atoms with Gasteiger partial charge in [0.25, 0.3) is 11.4 Å². The van der Waals surface area contributed by atoms with Gasteiger partial charge >= 0.3 is 0 Å². The Balaban J connectivity index is 1.91. The summed E-state index contributed by atoms with van der Waals surface area (Å²) < 4.78 is 1.67. The maximum absolute atomic E-state index is 11.5. The van der Waals surface area contributed by atoms with Crippen LogP contribution in [0.15, 0.2) is 60.7 Å². The first-order chi connectivity index (χ1) is 15.8. The Hall–Kier alpha value is -4.44. The van der Waals surface area contributed by atoms with Gasteiger partial charge in [0.15, 0.2) is 11.3 Å². The van der Waals surface area contributed by atoms with Gasteiger partial charge in [-0.1, -0.05) is 29.8 Å². The third-order valence-electron chi connectivity index (χ3n) is 5.16. The number of imidazole rings is 1. The highest BCUT2D eigenvalue weighted by Crippen LogP contribution is 2.34. The number of aromatic nitrogens is 4. The Morgan fingerprint density at radius 3 is 2.12 bits per heavy atom. The lowest BCUT2D eigenvalue weighted by atomic mass is 10.1. The average molecular weight is 461 g/mol. The summed E-state index contributed by atoms with van der Waals surface area (Å²) in [7, 11) is 0. The number of fused-ring (bicyclic) bond motifs is 2. The van der Waals surface area contributed by atoms with Crippen LogP contribution in [0.2, 0.25) is 5.02 Å². The van der Waals surface area contributed by atoms with Crippen molar-refractivity contribution in [2.45, 2.75) is 6.92 Å². The fraction of sp³-hybridized carbons (Fsp3) is 0.0455. The fourth-order valence-electron chi connectivity index (χ4n) is 3.64. The zero-order valence-corrected chi connectivity index (χ0v) is 17.7. The van der Waals surface area contributed by atoms with Crippen molar-refractivity contribution in [1.29, 1.82) is 0 Å². The molecule has 5 aromatic rings. The van der Waals surface area contributed by atoms with E-state index in [1.165, 1.54) is 12.1 Å². The monoisotopic (exact) mass is 460 g/mol. The zero-order chi connectivity index (χ0) is 23.3. The van der Waals surface area contributed by atoms with E-state index in [1.807, 2.05) is 31.2 Å². The van der Waals surface area contributed by atoms with Gasteiger partial charge < -0.3 is 0 Å². The van der Waals surface area contributed by atoms with Gasteiger partial charge in [-0.3, -0.25) is 24.8 Å². The second-order valence-corrected chi connectivity index (χ2v) is 7.75. The number of non-ortho nitro benzene ring substituents is 2. The van der Waals surface area contributed by atoms with Crippen LogP contribution in [-0.2, 0) is 0 Å². The van der Waals surface area contributed by atoms with E-state index in [0.717, 1.165) is 11.6 Å². The smallest absolute Gasteiger partial charge is 0.275 e. The number of benzene rings is 3. The van der Waals surface area contributed by atoms with Gasteiger partial charge in [0.2, 0.25) is 0 Å². The lowest BCUT2D eigenvalue weighted by molar-refractivity contribution is -0.394. The van der Waals surface area contributed by atoms with E-state index in [-0.39, 0.29) is 17.0 Å². The highest BCUT2D eigenvalue weighted by Gasteiger charge is 2.24. The molecule has 0 bridgehead atoms. The zero-order valence-electron chi connectivity index (χ0n) is 17.0. The molecular weight excluding hydrogens is 448 g/mol. The second-order valence-electron chi connectivity index (χ2n) is 7.31. The summed E-state index contributed by atoms with van der Waals surface area (Å²) in [5.41, 5.74) is 2.71. The van der Waals surface area contributed by atoms with Crippen LogP contribution >= 0.6 is 11.6 Å². The largest absolute Gasteiger partial charge is 0.277 e. The highest BCUT2D eigenvalue weighted by molar-refractivity contribution is 6.30. The molecule has 11 heteroatoms. The summed E-state index contributed by atoms with van der Waals surface area (Å²) in [5, 5.41) is 23.4. The third kappa shape index (κ3) is 3.52. The molecule has 0 aliphatic rings. The van der Waals surface area contributed by atoms with Crippen LogP contribution in [0.4, 0.5) is 11.4 Å². The number of rotatable bonds is 4. The summed E-state index contributed by atoms with van der Waals surface area (Å²) in [6, 6.07) is 15.9. The van der Waals surface area contributed by atoms with Crippen molar-refractivity contribution in [1.82, 2.24) is 19.5 Å². The minimum atomic E-state index is -0.682. The molecule has 33 heavy (non-hydrogen) atoms. The molecule has 0 N–H and O–H groups in total.